The molecule has 0 unspecified atom stereocenters. The van der Waals surface area contributed by atoms with Crippen LogP contribution in [0.3, 0.4) is 0 Å². The highest BCUT2D eigenvalue weighted by Gasteiger charge is 2.43. The van der Waals surface area contributed by atoms with E-state index in [0.29, 0.717) is 11.4 Å². The predicted octanol–water partition coefficient (Wildman–Crippen LogP) is 2.08. The summed E-state index contributed by atoms with van der Waals surface area (Å²) in [6, 6.07) is 3.35. The van der Waals surface area contributed by atoms with E-state index in [-0.39, 0.29) is 5.91 Å². The van der Waals surface area contributed by atoms with Gasteiger partial charge in [-0.15, -0.1) is 0 Å². The molecule has 1 rings (SSSR count). The van der Waals surface area contributed by atoms with Gasteiger partial charge in [0, 0.05) is 25.8 Å². The zero-order chi connectivity index (χ0) is 16.4. The van der Waals surface area contributed by atoms with Gasteiger partial charge in [-0.3, -0.25) is 9.59 Å². The SMILES string of the molecule is CN(C)C(=O)c1ccc(NC(C)(C)C(C)(C)C(=O)O)nc1. The molecule has 1 aromatic heterocycles. The minimum Gasteiger partial charge on any atom is -0.481 e. The van der Waals surface area contributed by atoms with E-state index >= 15 is 0 Å². The molecule has 0 aliphatic heterocycles. The van der Waals surface area contributed by atoms with E-state index in [1.54, 1.807) is 40.1 Å². The van der Waals surface area contributed by atoms with Gasteiger partial charge in [0.15, 0.2) is 0 Å². The lowest BCUT2D eigenvalue weighted by Gasteiger charge is -2.39. The van der Waals surface area contributed by atoms with Crippen molar-refractivity contribution in [1.29, 1.82) is 0 Å². The molecule has 2 N–H and O–H groups in total. The van der Waals surface area contributed by atoms with Gasteiger partial charge < -0.3 is 15.3 Å². The largest absolute Gasteiger partial charge is 0.481 e. The maximum Gasteiger partial charge on any atom is 0.311 e. The van der Waals surface area contributed by atoms with E-state index in [1.807, 2.05) is 13.8 Å². The number of carbonyl (C=O) groups is 2. The van der Waals surface area contributed by atoms with Crippen LogP contribution in [0.5, 0.6) is 0 Å². The van der Waals surface area contributed by atoms with Crippen molar-refractivity contribution in [3.8, 4) is 0 Å². The summed E-state index contributed by atoms with van der Waals surface area (Å²) >= 11 is 0. The van der Waals surface area contributed by atoms with Crippen molar-refractivity contribution in [3.63, 3.8) is 0 Å². The number of rotatable bonds is 5. The summed E-state index contributed by atoms with van der Waals surface area (Å²) in [5, 5.41) is 12.4. The van der Waals surface area contributed by atoms with Gasteiger partial charge >= 0.3 is 5.97 Å². The minimum atomic E-state index is -0.979. The standard InChI is InChI=1S/C15H23N3O3/c1-14(2,13(20)21)15(3,4)17-11-8-7-10(9-16-11)12(19)18(5)6/h7-9H,1-6H3,(H,16,17)(H,20,21). The molecule has 0 aliphatic carbocycles. The van der Waals surface area contributed by atoms with Crippen LogP contribution in [0.4, 0.5) is 5.82 Å². The van der Waals surface area contributed by atoms with Crippen molar-refractivity contribution < 1.29 is 14.7 Å². The molecular formula is C15H23N3O3. The third-order valence-electron chi connectivity index (χ3n) is 3.95. The van der Waals surface area contributed by atoms with Crippen LogP contribution >= 0.6 is 0 Å². The van der Waals surface area contributed by atoms with Crippen LogP contribution in [0, 0.1) is 5.41 Å². The molecule has 6 heteroatoms. The fourth-order valence-electron chi connectivity index (χ4n) is 1.60. The van der Waals surface area contributed by atoms with E-state index < -0.39 is 16.9 Å². The van der Waals surface area contributed by atoms with Crippen LogP contribution in [0.25, 0.3) is 0 Å². The number of hydrogen-bond acceptors (Lipinski definition) is 4. The molecule has 0 aliphatic rings. The summed E-state index contributed by atoms with van der Waals surface area (Å²) in [5.74, 6) is -0.483. The lowest BCUT2D eigenvalue weighted by Crippen LogP contribution is -2.50. The molecule has 116 valence electrons. The minimum absolute atomic E-state index is 0.126. The molecule has 0 bridgehead atoms. The zero-order valence-electron chi connectivity index (χ0n) is 13.4. The van der Waals surface area contributed by atoms with Crippen molar-refractivity contribution in [3.05, 3.63) is 23.9 Å². The monoisotopic (exact) mass is 293 g/mol. The van der Waals surface area contributed by atoms with Gasteiger partial charge in [0.1, 0.15) is 5.82 Å². The Balaban J connectivity index is 2.94. The van der Waals surface area contributed by atoms with Gasteiger partial charge in [-0.05, 0) is 39.8 Å². The highest BCUT2D eigenvalue weighted by Crippen LogP contribution is 2.33. The van der Waals surface area contributed by atoms with Crippen LogP contribution in [0.1, 0.15) is 38.1 Å². The fourth-order valence-corrected chi connectivity index (χ4v) is 1.60. The summed E-state index contributed by atoms with van der Waals surface area (Å²) in [6.07, 6.45) is 1.48. The normalized spacial score (nSPS) is 11.9. The number of carbonyl (C=O) groups excluding carboxylic acids is 1. The van der Waals surface area contributed by atoms with Gasteiger partial charge in [0.2, 0.25) is 0 Å². The number of hydrogen-bond donors (Lipinski definition) is 2. The third kappa shape index (κ3) is 3.51. The number of amides is 1. The lowest BCUT2D eigenvalue weighted by atomic mass is 9.74. The Morgan fingerprint density at radius 2 is 1.76 bits per heavy atom. The predicted molar refractivity (Wildman–Crippen MR) is 81.4 cm³/mol. The lowest BCUT2D eigenvalue weighted by molar-refractivity contribution is -0.149. The van der Waals surface area contributed by atoms with Gasteiger partial charge in [-0.2, -0.15) is 0 Å². The molecule has 1 aromatic rings. The van der Waals surface area contributed by atoms with Crippen molar-refractivity contribution in [2.24, 2.45) is 5.41 Å². The molecule has 21 heavy (non-hydrogen) atoms. The van der Waals surface area contributed by atoms with Gasteiger partial charge in [-0.1, -0.05) is 0 Å². The molecule has 1 amide bonds. The average Bonchev–Trinajstić information content (AvgIpc) is 2.37. The van der Waals surface area contributed by atoms with Crippen molar-refractivity contribution in [1.82, 2.24) is 9.88 Å². The fraction of sp³-hybridized carbons (Fsp3) is 0.533. The Morgan fingerprint density at radius 1 is 1.19 bits per heavy atom. The van der Waals surface area contributed by atoms with Crippen LogP contribution in [0.15, 0.2) is 18.3 Å². The Labute approximate surface area is 125 Å². The Hall–Kier alpha value is -2.11. The zero-order valence-corrected chi connectivity index (χ0v) is 13.4. The van der Waals surface area contributed by atoms with Crippen molar-refractivity contribution in [2.75, 3.05) is 19.4 Å². The highest BCUT2D eigenvalue weighted by molar-refractivity contribution is 5.93. The summed E-state index contributed by atoms with van der Waals surface area (Å²) in [6.45, 7) is 6.93. The van der Waals surface area contributed by atoms with Gasteiger partial charge in [0.25, 0.3) is 5.91 Å². The highest BCUT2D eigenvalue weighted by atomic mass is 16.4. The summed E-state index contributed by atoms with van der Waals surface area (Å²) in [4.78, 5) is 28.8. The number of nitrogens with one attached hydrogen (secondary N) is 1. The Bertz CT molecular complexity index is 534. The third-order valence-corrected chi connectivity index (χ3v) is 3.95. The molecule has 0 spiro atoms. The first-order valence-corrected chi connectivity index (χ1v) is 6.68. The van der Waals surface area contributed by atoms with E-state index in [2.05, 4.69) is 10.3 Å². The van der Waals surface area contributed by atoms with E-state index in [0.717, 1.165) is 0 Å². The van der Waals surface area contributed by atoms with Crippen LogP contribution in [-0.4, -0.2) is 46.5 Å². The molecule has 0 saturated heterocycles. The molecule has 6 nitrogen and oxygen atoms in total. The first-order valence-electron chi connectivity index (χ1n) is 6.68. The van der Waals surface area contributed by atoms with Crippen LogP contribution in [-0.2, 0) is 4.79 Å². The number of carboxylic acid groups (broad SMARTS) is 1. The molecule has 0 fully saturated rings. The van der Waals surface area contributed by atoms with Crippen molar-refractivity contribution in [2.45, 2.75) is 33.2 Å². The first kappa shape index (κ1) is 16.9. The second-order valence-corrected chi connectivity index (χ2v) is 6.31. The number of nitrogens with zero attached hydrogens (tertiary/aromatic N) is 2. The van der Waals surface area contributed by atoms with Crippen LogP contribution < -0.4 is 5.32 Å². The van der Waals surface area contributed by atoms with E-state index in [1.165, 1.54) is 11.1 Å². The van der Waals surface area contributed by atoms with E-state index in [9.17, 15) is 14.7 Å². The second-order valence-electron chi connectivity index (χ2n) is 6.31. The average molecular weight is 293 g/mol. The topological polar surface area (TPSA) is 82.5 Å². The van der Waals surface area contributed by atoms with Gasteiger partial charge in [-0.25, -0.2) is 4.98 Å². The smallest absolute Gasteiger partial charge is 0.311 e. The quantitative estimate of drug-likeness (QED) is 0.868. The molecule has 0 atom stereocenters. The van der Waals surface area contributed by atoms with E-state index in [4.69, 9.17) is 0 Å². The molecule has 0 saturated carbocycles. The Morgan fingerprint density at radius 3 is 2.14 bits per heavy atom. The maximum absolute atomic E-state index is 11.8. The maximum atomic E-state index is 11.8. The number of carboxylic acids is 1. The second kappa shape index (κ2) is 5.71. The molecule has 1 heterocycles. The van der Waals surface area contributed by atoms with Crippen LogP contribution in [0.2, 0.25) is 0 Å². The first-order chi connectivity index (χ1) is 9.49. The summed E-state index contributed by atoms with van der Waals surface area (Å²) in [5.41, 5.74) is -1.20. The number of aromatic nitrogens is 1. The summed E-state index contributed by atoms with van der Waals surface area (Å²) < 4.78 is 0. The molecule has 0 aromatic carbocycles. The summed E-state index contributed by atoms with van der Waals surface area (Å²) in [7, 11) is 3.35. The molecular weight excluding hydrogens is 270 g/mol. The number of aliphatic carboxylic acids is 1. The number of pyridine rings is 1. The van der Waals surface area contributed by atoms with Gasteiger partial charge in [0.05, 0.1) is 11.0 Å². The number of anilines is 1. The Kier molecular flexibility index (Phi) is 4.61. The van der Waals surface area contributed by atoms with Crippen molar-refractivity contribution >= 4 is 17.7 Å². The molecule has 0 radical (unpaired) electrons.